The number of ether oxygens (including phenoxy) is 4. The van der Waals surface area contributed by atoms with Crippen LogP contribution in [0.15, 0.2) is 91.0 Å². The maximum atomic E-state index is 9.30. The molecule has 0 spiro atoms. The molecular weight excluding hydrogens is 488 g/mol. The number of hydrogen-bond acceptors (Lipinski definition) is 8. The minimum atomic E-state index is 0.0897. The fourth-order valence-corrected chi connectivity index (χ4v) is 2.97. The summed E-state index contributed by atoms with van der Waals surface area (Å²) < 4.78 is 19.7. The molecule has 204 valence electrons. The predicted octanol–water partition coefficient (Wildman–Crippen LogP) is 6.17. The van der Waals surface area contributed by atoms with E-state index in [1.165, 1.54) is 14.2 Å². The Morgan fingerprint density at radius 2 is 1.03 bits per heavy atom. The second-order valence-electron chi connectivity index (χ2n) is 7.37. The van der Waals surface area contributed by atoms with E-state index in [-0.39, 0.29) is 17.2 Å². The predicted molar refractivity (Wildman–Crippen MR) is 148 cm³/mol. The lowest BCUT2D eigenvalue weighted by atomic mass is 10.1. The summed E-state index contributed by atoms with van der Waals surface area (Å²) in [5.41, 5.74) is 1.03. The molecule has 4 aromatic rings. The smallest absolute Gasteiger partial charge is 0.203 e. The molecule has 8 heteroatoms. The van der Waals surface area contributed by atoms with Gasteiger partial charge in [0.15, 0.2) is 23.0 Å². The van der Waals surface area contributed by atoms with E-state index in [4.69, 9.17) is 29.2 Å². The summed E-state index contributed by atoms with van der Waals surface area (Å²) >= 11 is 0. The van der Waals surface area contributed by atoms with E-state index < -0.39 is 0 Å². The molecule has 0 saturated heterocycles. The van der Waals surface area contributed by atoms with Crippen LogP contribution in [0.5, 0.6) is 46.0 Å². The third kappa shape index (κ3) is 10.9. The van der Waals surface area contributed by atoms with E-state index in [2.05, 4.69) is 0 Å². The molecule has 0 amide bonds. The largest absolute Gasteiger partial charge is 0.508 e. The van der Waals surface area contributed by atoms with Gasteiger partial charge < -0.3 is 39.4 Å². The van der Waals surface area contributed by atoms with Crippen molar-refractivity contribution in [2.75, 3.05) is 28.4 Å². The van der Waals surface area contributed by atoms with Gasteiger partial charge in [0.25, 0.3) is 0 Å². The quantitative estimate of drug-likeness (QED) is 0.245. The second kappa shape index (κ2) is 17.7. The van der Waals surface area contributed by atoms with Gasteiger partial charge in [-0.2, -0.15) is 0 Å². The van der Waals surface area contributed by atoms with Crippen LogP contribution in [-0.4, -0.2) is 48.9 Å². The molecule has 4 aromatic carbocycles. The third-order valence-corrected chi connectivity index (χ3v) is 4.87. The van der Waals surface area contributed by atoms with Crippen LogP contribution in [0.2, 0.25) is 0 Å². The third-order valence-electron chi connectivity index (χ3n) is 4.87. The molecule has 8 nitrogen and oxygen atoms in total. The average Bonchev–Trinajstić information content (AvgIpc) is 2.94. The van der Waals surface area contributed by atoms with Gasteiger partial charge >= 0.3 is 0 Å². The van der Waals surface area contributed by atoms with E-state index in [0.29, 0.717) is 23.0 Å². The molecule has 0 radical (unpaired) electrons. The summed E-state index contributed by atoms with van der Waals surface area (Å²) in [5, 5.41) is 35.9. The van der Waals surface area contributed by atoms with Crippen molar-refractivity contribution < 1.29 is 39.4 Å². The van der Waals surface area contributed by atoms with Gasteiger partial charge in [0.2, 0.25) is 5.75 Å². The fraction of sp³-hybridized carbons (Fsp3) is 0.200. The number of hydrogen-bond donors (Lipinski definition) is 4. The van der Waals surface area contributed by atoms with Gasteiger partial charge in [-0.15, -0.1) is 0 Å². The summed E-state index contributed by atoms with van der Waals surface area (Å²) in [6.07, 6.45) is 0.873. The molecule has 0 aliphatic rings. The first-order chi connectivity index (χ1) is 18.3. The van der Waals surface area contributed by atoms with Gasteiger partial charge in [-0.25, -0.2) is 0 Å². The summed E-state index contributed by atoms with van der Waals surface area (Å²) in [6.45, 7) is 2.03. The Morgan fingerprint density at radius 3 is 1.42 bits per heavy atom. The van der Waals surface area contributed by atoms with Crippen LogP contribution in [0.25, 0.3) is 0 Å². The zero-order valence-electron chi connectivity index (χ0n) is 22.3. The number of phenolic OH excluding ortho intramolecular Hbond substituents is 4. The number of benzene rings is 4. The van der Waals surface area contributed by atoms with Gasteiger partial charge in [0.05, 0.1) is 28.4 Å². The maximum Gasteiger partial charge on any atom is 0.203 e. The van der Waals surface area contributed by atoms with Gasteiger partial charge in [-0.3, -0.25) is 0 Å². The van der Waals surface area contributed by atoms with E-state index in [0.717, 1.165) is 17.7 Å². The zero-order valence-corrected chi connectivity index (χ0v) is 22.3. The Labute approximate surface area is 223 Å². The van der Waals surface area contributed by atoms with Crippen molar-refractivity contribution in [2.45, 2.75) is 13.3 Å². The fourth-order valence-electron chi connectivity index (χ4n) is 2.97. The number of aryl methyl sites for hydroxylation is 1. The summed E-state index contributed by atoms with van der Waals surface area (Å²) in [4.78, 5) is 0. The normalized spacial score (nSPS) is 9.18. The zero-order chi connectivity index (χ0) is 28.3. The Morgan fingerprint density at radius 1 is 0.500 bits per heavy atom. The maximum absolute atomic E-state index is 9.30. The monoisotopic (exact) mass is 524 g/mol. The SMILES string of the molecule is CCc1cccc(O)c1OC.COc1ccc(O)cc1.COc1cccc(O)c1OC.Oc1ccccc1. The van der Waals surface area contributed by atoms with E-state index in [1.807, 2.05) is 25.1 Å². The summed E-state index contributed by atoms with van der Waals surface area (Å²) in [6, 6.07) is 25.6. The van der Waals surface area contributed by atoms with Crippen LogP contribution in [0, 0.1) is 0 Å². The lowest BCUT2D eigenvalue weighted by molar-refractivity contribution is 0.333. The van der Waals surface area contributed by atoms with Crippen molar-refractivity contribution in [1.82, 2.24) is 0 Å². The highest BCUT2D eigenvalue weighted by Gasteiger charge is 2.06. The number of methoxy groups -OCH3 is 4. The average molecular weight is 525 g/mol. The van der Waals surface area contributed by atoms with E-state index >= 15 is 0 Å². The van der Waals surface area contributed by atoms with Crippen molar-refractivity contribution in [3.8, 4) is 46.0 Å². The standard InChI is InChI=1S/C9H12O2.C8H10O3.C7H8O2.C6H6O/c1-3-7-5-4-6-8(10)9(7)11-2;1-10-7-5-3-4-6(9)8(7)11-2;1-9-7-4-2-6(8)3-5-7;7-6-4-2-1-3-5-6/h4-6,10H,3H2,1-2H3;3-5,9H,1-2H3;2-5,8H,1H3;1-5,7H. The Bertz CT molecular complexity index is 1130. The Balaban J connectivity index is 0.000000257. The molecule has 0 saturated carbocycles. The van der Waals surface area contributed by atoms with Crippen LogP contribution in [0.1, 0.15) is 12.5 Å². The lowest BCUT2D eigenvalue weighted by Crippen LogP contribution is -1.89. The molecule has 0 aliphatic heterocycles. The van der Waals surface area contributed by atoms with Crippen LogP contribution >= 0.6 is 0 Å². The van der Waals surface area contributed by atoms with Crippen LogP contribution in [0.4, 0.5) is 0 Å². The summed E-state index contributed by atoms with van der Waals surface area (Å²) in [7, 11) is 6.16. The van der Waals surface area contributed by atoms with Crippen molar-refractivity contribution in [3.05, 3.63) is 96.6 Å². The number of para-hydroxylation sites is 3. The van der Waals surface area contributed by atoms with Crippen LogP contribution < -0.4 is 18.9 Å². The molecule has 0 atom stereocenters. The molecule has 0 unspecified atom stereocenters. The molecule has 0 aromatic heterocycles. The van der Waals surface area contributed by atoms with Crippen molar-refractivity contribution in [2.24, 2.45) is 0 Å². The van der Waals surface area contributed by atoms with Gasteiger partial charge in [-0.05, 0) is 66.6 Å². The van der Waals surface area contributed by atoms with Crippen LogP contribution in [-0.2, 0) is 6.42 Å². The first-order valence-corrected chi connectivity index (χ1v) is 11.6. The molecular formula is C30H36O8. The molecule has 0 bridgehead atoms. The molecule has 0 fully saturated rings. The number of aromatic hydroxyl groups is 4. The van der Waals surface area contributed by atoms with E-state index in [9.17, 15) is 10.2 Å². The highest BCUT2D eigenvalue weighted by atomic mass is 16.5. The van der Waals surface area contributed by atoms with Crippen molar-refractivity contribution in [3.63, 3.8) is 0 Å². The molecule has 4 N–H and O–H groups in total. The first-order valence-electron chi connectivity index (χ1n) is 11.6. The van der Waals surface area contributed by atoms with Gasteiger partial charge in [-0.1, -0.05) is 43.3 Å². The van der Waals surface area contributed by atoms with Crippen molar-refractivity contribution >= 4 is 0 Å². The Kier molecular flexibility index (Phi) is 14.6. The van der Waals surface area contributed by atoms with Gasteiger partial charge in [0, 0.05) is 0 Å². The highest BCUT2D eigenvalue weighted by molar-refractivity contribution is 5.50. The highest BCUT2D eigenvalue weighted by Crippen LogP contribution is 2.35. The molecule has 38 heavy (non-hydrogen) atoms. The second-order valence-corrected chi connectivity index (χ2v) is 7.37. The van der Waals surface area contributed by atoms with Gasteiger partial charge in [0.1, 0.15) is 17.2 Å². The van der Waals surface area contributed by atoms with E-state index in [1.54, 1.807) is 87.0 Å². The topological polar surface area (TPSA) is 118 Å². The Hall–Kier alpha value is -4.72. The lowest BCUT2D eigenvalue weighted by Gasteiger charge is -2.07. The number of rotatable bonds is 5. The molecule has 0 heterocycles. The summed E-state index contributed by atoms with van der Waals surface area (Å²) in [5.74, 6) is 3.14. The minimum absolute atomic E-state index is 0.0897. The number of phenols is 4. The molecule has 4 rings (SSSR count). The molecule has 0 aliphatic carbocycles. The van der Waals surface area contributed by atoms with Crippen LogP contribution in [0.3, 0.4) is 0 Å². The first kappa shape index (κ1) is 31.3. The van der Waals surface area contributed by atoms with Crippen molar-refractivity contribution in [1.29, 1.82) is 0 Å². The minimum Gasteiger partial charge on any atom is -0.508 e.